The molecule has 0 radical (unpaired) electrons. The van der Waals surface area contributed by atoms with Gasteiger partial charge in [-0.15, -0.1) is 0 Å². The van der Waals surface area contributed by atoms with Gasteiger partial charge in [-0.05, 0) is 70.0 Å². The normalized spacial score (nSPS) is 21.4. The van der Waals surface area contributed by atoms with E-state index in [9.17, 15) is 13.2 Å². The Morgan fingerprint density at radius 1 is 1.10 bits per heavy atom. The van der Waals surface area contributed by atoms with Crippen LogP contribution in [-0.2, 0) is 21.4 Å². The standard InChI is InChI=1S/C23H34N4O3S/c1-2-26-15-10-19-17-21(8-9-22(19)26)31(29,30)27-14-6-7-20(18-27)23(28)24-11-16-25-12-4-3-5-13-25/h8-10,15,17,20H,2-7,11-14,16,18H2,1H3,(H,24,28)/t20-/m1/s1. The molecule has 1 amide bonds. The van der Waals surface area contributed by atoms with Crippen LogP contribution in [0.4, 0.5) is 0 Å². The fourth-order valence-electron chi connectivity index (χ4n) is 4.80. The van der Waals surface area contributed by atoms with Gasteiger partial charge >= 0.3 is 0 Å². The van der Waals surface area contributed by atoms with Crippen LogP contribution >= 0.6 is 0 Å². The number of fused-ring (bicyclic) bond motifs is 1. The number of nitrogens with zero attached hydrogens (tertiary/aromatic N) is 3. The minimum Gasteiger partial charge on any atom is -0.355 e. The number of likely N-dealkylation sites (tertiary alicyclic amines) is 1. The fourth-order valence-corrected chi connectivity index (χ4v) is 6.36. The largest absolute Gasteiger partial charge is 0.355 e. The Morgan fingerprint density at radius 2 is 1.90 bits per heavy atom. The molecule has 31 heavy (non-hydrogen) atoms. The highest BCUT2D eigenvalue weighted by Gasteiger charge is 2.33. The van der Waals surface area contributed by atoms with Crippen molar-refractivity contribution in [1.29, 1.82) is 0 Å². The van der Waals surface area contributed by atoms with E-state index in [-0.39, 0.29) is 18.4 Å². The third-order valence-corrected chi connectivity index (χ3v) is 8.51. The highest BCUT2D eigenvalue weighted by Crippen LogP contribution is 2.27. The third-order valence-electron chi connectivity index (χ3n) is 6.65. The smallest absolute Gasteiger partial charge is 0.243 e. The van der Waals surface area contributed by atoms with E-state index in [2.05, 4.69) is 21.7 Å². The molecule has 1 N–H and O–H groups in total. The number of aryl methyl sites for hydroxylation is 1. The van der Waals surface area contributed by atoms with Crippen LogP contribution < -0.4 is 5.32 Å². The average Bonchev–Trinajstić information content (AvgIpc) is 3.22. The molecule has 2 fully saturated rings. The van der Waals surface area contributed by atoms with Crippen molar-refractivity contribution in [3.05, 3.63) is 30.5 Å². The average molecular weight is 447 g/mol. The van der Waals surface area contributed by atoms with Gasteiger partial charge in [-0.1, -0.05) is 6.42 Å². The predicted octanol–water partition coefficient (Wildman–Crippen LogP) is 2.66. The molecule has 2 saturated heterocycles. The summed E-state index contributed by atoms with van der Waals surface area (Å²) in [6, 6.07) is 7.26. The molecule has 0 bridgehead atoms. The molecule has 3 heterocycles. The summed E-state index contributed by atoms with van der Waals surface area (Å²) in [5.41, 5.74) is 1.03. The van der Waals surface area contributed by atoms with Crippen molar-refractivity contribution < 1.29 is 13.2 Å². The second kappa shape index (κ2) is 9.71. The predicted molar refractivity (Wildman–Crippen MR) is 122 cm³/mol. The second-order valence-corrected chi connectivity index (χ2v) is 10.7. The summed E-state index contributed by atoms with van der Waals surface area (Å²) in [5.74, 6) is -0.304. The minimum atomic E-state index is -3.62. The monoisotopic (exact) mass is 446 g/mol. The minimum absolute atomic E-state index is 0.0209. The Hall–Kier alpha value is -1.90. The van der Waals surface area contributed by atoms with Crippen molar-refractivity contribution in [2.75, 3.05) is 39.3 Å². The summed E-state index contributed by atoms with van der Waals surface area (Å²) in [6.07, 6.45) is 7.19. The van der Waals surface area contributed by atoms with Crippen molar-refractivity contribution >= 4 is 26.8 Å². The van der Waals surface area contributed by atoms with Crippen molar-refractivity contribution in [3.63, 3.8) is 0 Å². The molecule has 2 aromatic rings. The van der Waals surface area contributed by atoms with E-state index in [1.807, 2.05) is 18.3 Å². The second-order valence-electron chi connectivity index (χ2n) is 8.72. The van der Waals surface area contributed by atoms with Crippen LogP contribution in [0.5, 0.6) is 0 Å². The van der Waals surface area contributed by atoms with Gasteiger partial charge in [0.25, 0.3) is 0 Å². The van der Waals surface area contributed by atoms with Crippen molar-refractivity contribution in [3.8, 4) is 0 Å². The molecule has 2 aliphatic heterocycles. The third kappa shape index (κ3) is 4.96. The van der Waals surface area contributed by atoms with Crippen LogP contribution in [0.25, 0.3) is 10.9 Å². The number of carbonyl (C=O) groups excluding carboxylic acids is 1. The molecule has 170 valence electrons. The van der Waals surface area contributed by atoms with E-state index in [0.717, 1.165) is 43.5 Å². The lowest BCUT2D eigenvalue weighted by molar-refractivity contribution is -0.126. The quantitative estimate of drug-likeness (QED) is 0.710. The van der Waals surface area contributed by atoms with Gasteiger partial charge in [0, 0.05) is 49.8 Å². The van der Waals surface area contributed by atoms with Crippen LogP contribution in [0.1, 0.15) is 39.0 Å². The molecule has 7 nitrogen and oxygen atoms in total. The molecule has 1 aromatic heterocycles. The zero-order valence-corrected chi connectivity index (χ0v) is 19.2. The molecule has 1 atom stereocenters. The maximum absolute atomic E-state index is 13.3. The van der Waals surface area contributed by atoms with E-state index in [4.69, 9.17) is 0 Å². The topological polar surface area (TPSA) is 74.6 Å². The zero-order valence-electron chi connectivity index (χ0n) is 18.4. The Kier molecular flexibility index (Phi) is 6.99. The molecular weight excluding hydrogens is 412 g/mol. The van der Waals surface area contributed by atoms with Crippen LogP contribution in [0.15, 0.2) is 35.4 Å². The highest BCUT2D eigenvalue weighted by molar-refractivity contribution is 7.89. The highest BCUT2D eigenvalue weighted by atomic mass is 32.2. The first kappa shape index (κ1) is 22.3. The Balaban J connectivity index is 1.38. The summed E-state index contributed by atoms with van der Waals surface area (Å²) in [5, 5.41) is 3.96. The van der Waals surface area contributed by atoms with Gasteiger partial charge in [0.1, 0.15) is 0 Å². The molecule has 0 aliphatic carbocycles. The van der Waals surface area contributed by atoms with Crippen molar-refractivity contribution in [2.24, 2.45) is 5.92 Å². The van der Waals surface area contributed by atoms with Crippen LogP contribution in [0, 0.1) is 5.92 Å². The van der Waals surface area contributed by atoms with Gasteiger partial charge in [0.05, 0.1) is 10.8 Å². The number of aromatic nitrogens is 1. The summed E-state index contributed by atoms with van der Waals surface area (Å²) in [4.78, 5) is 15.4. The SMILES string of the molecule is CCn1ccc2cc(S(=O)(=O)N3CCC[C@@H](C(=O)NCCN4CCCCC4)C3)ccc21. The summed E-state index contributed by atoms with van der Waals surface area (Å²) >= 11 is 0. The van der Waals surface area contributed by atoms with E-state index in [1.165, 1.54) is 23.6 Å². The van der Waals surface area contributed by atoms with Gasteiger partial charge in [0.2, 0.25) is 15.9 Å². The number of rotatable bonds is 7. The van der Waals surface area contributed by atoms with Crippen LogP contribution in [-0.4, -0.2) is 67.4 Å². The molecule has 2 aliphatic rings. The molecule has 8 heteroatoms. The molecule has 4 rings (SSSR count). The maximum atomic E-state index is 13.3. The summed E-state index contributed by atoms with van der Waals surface area (Å²) < 4.78 is 30.1. The zero-order chi connectivity index (χ0) is 21.8. The number of benzene rings is 1. The van der Waals surface area contributed by atoms with E-state index < -0.39 is 10.0 Å². The van der Waals surface area contributed by atoms with Gasteiger partial charge in [-0.25, -0.2) is 8.42 Å². The number of carbonyl (C=O) groups is 1. The lowest BCUT2D eigenvalue weighted by Crippen LogP contribution is -2.46. The van der Waals surface area contributed by atoms with E-state index in [0.29, 0.717) is 24.4 Å². The lowest BCUT2D eigenvalue weighted by atomic mass is 9.99. The van der Waals surface area contributed by atoms with Gasteiger partial charge in [-0.3, -0.25) is 4.79 Å². The van der Waals surface area contributed by atoms with Gasteiger partial charge in [0.15, 0.2) is 0 Å². The van der Waals surface area contributed by atoms with Gasteiger partial charge < -0.3 is 14.8 Å². The van der Waals surface area contributed by atoms with E-state index in [1.54, 1.807) is 12.1 Å². The molecular formula is C23H34N4O3S. The number of nitrogens with one attached hydrogen (secondary N) is 1. The number of sulfonamides is 1. The maximum Gasteiger partial charge on any atom is 0.243 e. The Bertz CT molecular complexity index is 1010. The molecule has 1 aromatic carbocycles. The first-order valence-electron chi connectivity index (χ1n) is 11.6. The first-order chi connectivity index (χ1) is 15.0. The Labute approximate surface area is 185 Å². The van der Waals surface area contributed by atoms with Crippen LogP contribution in [0.2, 0.25) is 0 Å². The number of piperidine rings is 2. The van der Waals surface area contributed by atoms with E-state index >= 15 is 0 Å². The lowest BCUT2D eigenvalue weighted by Gasteiger charge is -2.31. The number of amides is 1. The number of hydrogen-bond acceptors (Lipinski definition) is 4. The molecule has 0 spiro atoms. The van der Waals surface area contributed by atoms with Crippen LogP contribution in [0.3, 0.4) is 0 Å². The first-order valence-corrected chi connectivity index (χ1v) is 13.0. The fraction of sp³-hybridized carbons (Fsp3) is 0.609. The van der Waals surface area contributed by atoms with Gasteiger partial charge in [-0.2, -0.15) is 4.31 Å². The Morgan fingerprint density at radius 3 is 2.68 bits per heavy atom. The van der Waals surface area contributed by atoms with Crippen molar-refractivity contribution in [1.82, 2.24) is 19.1 Å². The summed E-state index contributed by atoms with van der Waals surface area (Å²) in [7, 11) is -3.62. The number of hydrogen-bond donors (Lipinski definition) is 1. The van der Waals surface area contributed by atoms with Crippen molar-refractivity contribution in [2.45, 2.75) is 50.5 Å². The molecule has 0 unspecified atom stereocenters. The summed E-state index contributed by atoms with van der Waals surface area (Å²) in [6.45, 7) is 7.35. The molecule has 0 saturated carbocycles.